The molecule has 10 aromatic rings. The van der Waals surface area contributed by atoms with Gasteiger partial charge in [0.1, 0.15) is 40.6 Å². The van der Waals surface area contributed by atoms with Crippen molar-refractivity contribution in [3.8, 4) is 0 Å². The Morgan fingerprint density at radius 1 is 0.447 bits per heavy atom. The zero-order valence-electron chi connectivity index (χ0n) is 46.5. The summed E-state index contributed by atoms with van der Waals surface area (Å²) in [6, 6.07) is 44.1. The Labute approximate surface area is 451 Å². The number of ether oxygens (including phenoxy) is 3. The minimum absolute atomic E-state index is 0.635. The Kier molecular flexibility index (Phi) is 12.6. The highest BCUT2D eigenvalue weighted by atomic mass is 31.1. The highest BCUT2D eigenvalue weighted by Gasteiger charge is 2.58. The van der Waals surface area contributed by atoms with Crippen LogP contribution >= 0.6 is 16.5 Å². The van der Waals surface area contributed by atoms with Gasteiger partial charge in [0.05, 0.1) is 38.4 Å². The molecule has 2 aliphatic rings. The van der Waals surface area contributed by atoms with E-state index in [1.54, 1.807) is 0 Å². The van der Waals surface area contributed by atoms with Gasteiger partial charge in [0.25, 0.3) is 0 Å². The summed E-state index contributed by atoms with van der Waals surface area (Å²) in [6.07, 6.45) is -3.52. The van der Waals surface area contributed by atoms with Crippen molar-refractivity contribution in [1.29, 1.82) is 0 Å². The fourth-order valence-corrected chi connectivity index (χ4v) is 20.2. The van der Waals surface area contributed by atoms with Crippen molar-refractivity contribution in [3.63, 3.8) is 0 Å². The molecule has 5 atom stereocenters. The van der Waals surface area contributed by atoms with Crippen molar-refractivity contribution in [2.24, 2.45) is 0 Å². The average molecular weight is 1120 g/mol. The molecule has 0 amide bonds. The molecule has 3 unspecified atom stereocenters. The lowest BCUT2D eigenvalue weighted by molar-refractivity contribution is -0.218. The van der Waals surface area contributed by atoms with E-state index in [0.717, 1.165) is 65.4 Å². The Morgan fingerprint density at radius 3 is 1.09 bits per heavy atom. The average Bonchev–Trinajstić information content (AvgIpc) is 3.73. The van der Waals surface area contributed by atoms with Crippen LogP contribution in [0.1, 0.15) is 20.8 Å². The third kappa shape index (κ3) is 9.01. The Hall–Kier alpha value is -4.73. The highest BCUT2D eigenvalue weighted by molar-refractivity contribution is 7.32. The van der Waals surface area contributed by atoms with E-state index in [9.17, 15) is 0 Å². The summed E-state index contributed by atoms with van der Waals surface area (Å²) >= 11 is 0. The summed E-state index contributed by atoms with van der Waals surface area (Å²) in [5, 5.41) is 18.2. The van der Waals surface area contributed by atoms with Gasteiger partial charge in [0.2, 0.25) is 0 Å². The molecule has 394 valence electrons. The van der Waals surface area contributed by atoms with Crippen LogP contribution in [0.25, 0.3) is 87.0 Å². The van der Waals surface area contributed by atoms with E-state index in [1.165, 1.54) is 42.3 Å². The molecule has 12 rings (SSSR count). The topological polar surface area (TPSA) is 98.7 Å². The van der Waals surface area contributed by atoms with Crippen LogP contribution in [0.15, 0.2) is 138 Å². The van der Waals surface area contributed by atoms with Gasteiger partial charge in [-0.15, -0.1) is 0 Å². The SMILES string of the molecule is CC(Op1oc2c([Si](C)(C)C)cc3ccccc3c2c2c(o1)c([Si](C)(C)C)cc1ccccc12)[C@H]1OC2OC(C)(C)OC2[C@H]1Op1oc2c([Si](C)(C)C)cc3ccccc3c2c2c(o1)c([Si](C)(C)C)cc1ccccc12. The summed E-state index contributed by atoms with van der Waals surface area (Å²) in [6.45, 7) is 34.4. The van der Waals surface area contributed by atoms with Gasteiger partial charge < -0.3 is 31.0 Å². The molecule has 0 bridgehead atoms. The number of rotatable bonds is 9. The monoisotopic (exact) mass is 1120 g/mol. The third-order valence-corrected chi connectivity index (χ3v) is 25.5. The van der Waals surface area contributed by atoms with E-state index < -0.39 is 85.3 Å². The molecule has 15 heteroatoms. The first-order valence-corrected chi connectivity index (χ1v) is 43.0. The molecule has 0 N–H and O–H groups in total. The maximum Gasteiger partial charge on any atom is 0.387 e. The van der Waals surface area contributed by atoms with E-state index in [-0.39, 0.29) is 0 Å². The standard InChI is InChI=1S/C61H70O9P2Si4/c1-36(65-71-66-54-45(73(4,5)6)32-37-24-16-20-28-41(37)49(54)50-42-29-21-17-25-38(42)33-46(55(50)67-71)74(7,8)9)53-58(59-60(62-53)64-61(2,3)63-59)70-72-68-56-47(75(10,11)12)34-39-26-18-22-30-43(39)51(56)52-44-31-23-19-27-40(44)35-48(57(52)69-72)76(13,14)15/h16-36,53,58-60H,1-15H3/t36?,53-,58+,59?,60?/m1/s1. The van der Waals surface area contributed by atoms with Crippen LogP contribution in [0.2, 0.25) is 78.6 Å². The second kappa shape index (κ2) is 18.4. The van der Waals surface area contributed by atoms with Crippen LogP contribution < -0.4 is 29.8 Å². The molecule has 0 spiro atoms. The van der Waals surface area contributed by atoms with Gasteiger partial charge in [-0.25, -0.2) is 0 Å². The van der Waals surface area contributed by atoms with Crippen molar-refractivity contribution < 1.29 is 40.0 Å². The molecule has 8 aromatic carbocycles. The molecule has 0 radical (unpaired) electrons. The molecule has 2 aromatic heterocycles. The van der Waals surface area contributed by atoms with Gasteiger partial charge in [0.15, 0.2) is 12.1 Å². The number of hydrogen-bond acceptors (Lipinski definition) is 9. The summed E-state index contributed by atoms with van der Waals surface area (Å²) in [5.41, 5.74) is 3.29. The molecule has 76 heavy (non-hydrogen) atoms. The van der Waals surface area contributed by atoms with Crippen LogP contribution in [0.4, 0.5) is 0 Å². The lowest BCUT2D eigenvalue weighted by Crippen LogP contribution is -2.44. The molecule has 2 aliphatic heterocycles. The van der Waals surface area contributed by atoms with E-state index in [0.29, 0.717) is 0 Å². The van der Waals surface area contributed by atoms with Gasteiger partial charge in [-0.1, -0.05) is 200 Å². The molecule has 2 saturated heterocycles. The fraction of sp³-hybridized carbons (Fsp3) is 0.344. The zero-order valence-corrected chi connectivity index (χ0v) is 52.3. The lowest BCUT2D eigenvalue weighted by atomic mass is 9.98. The Bertz CT molecular complexity index is 3860. The van der Waals surface area contributed by atoms with Crippen molar-refractivity contribution in [3.05, 3.63) is 121 Å². The number of fused-ring (bicyclic) bond motifs is 15. The van der Waals surface area contributed by atoms with E-state index in [2.05, 4.69) is 200 Å². The first-order chi connectivity index (χ1) is 35.8. The highest BCUT2D eigenvalue weighted by Crippen LogP contribution is 2.47. The summed E-state index contributed by atoms with van der Waals surface area (Å²) in [7, 11) is -12.6. The number of hydrogen-bond donors (Lipinski definition) is 0. The summed E-state index contributed by atoms with van der Waals surface area (Å²) in [4.78, 5) is 0. The first-order valence-electron chi connectivity index (χ1n) is 26.8. The molecule has 9 nitrogen and oxygen atoms in total. The maximum atomic E-state index is 7.47. The van der Waals surface area contributed by atoms with Crippen molar-refractivity contribution in [2.45, 2.75) is 136 Å². The van der Waals surface area contributed by atoms with E-state index >= 15 is 0 Å². The van der Waals surface area contributed by atoms with E-state index in [4.69, 9.17) is 40.0 Å². The normalized spacial score (nSPS) is 19.8. The van der Waals surface area contributed by atoms with Crippen LogP contribution in [-0.4, -0.2) is 68.8 Å². The predicted molar refractivity (Wildman–Crippen MR) is 330 cm³/mol. The summed E-state index contributed by atoms with van der Waals surface area (Å²) < 4.78 is 64.8. The van der Waals surface area contributed by atoms with Crippen LogP contribution in [0.3, 0.4) is 0 Å². The lowest BCUT2D eigenvalue weighted by Gasteiger charge is -2.27. The van der Waals surface area contributed by atoms with Gasteiger partial charge >= 0.3 is 16.5 Å². The van der Waals surface area contributed by atoms with Gasteiger partial charge in [-0.3, -0.25) is 9.05 Å². The minimum Gasteiger partial charge on any atom is -0.399 e. The number of benzene rings is 8. The smallest absolute Gasteiger partial charge is 0.387 e. The predicted octanol–water partition coefficient (Wildman–Crippen LogP) is 15.9. The van der Waals surface area contributed by atoms with Crippen molar-refractivity contribution in [1.82, 2.24) is 0 Å². The summed E-state index contributed by atoms with van der Waals surface area (Å²) in [5.74, 6) is -0.936. The molecule has 0 saturated carbocycles. The maximum absolute atomic E-state index is 7.47. The largest absolute Gasteiger partial charge is 0.399 e. The quantitative estimate of drug-likeness (QED) is 0.131. The van der Waals surface area contributed by atoms with Crippen molar-refractivity contribution in [2.75, 3.05) is 0 Å². The molecule has 2 fully saturated rings. The third-order valence-electron chi connectivity index (χ3n) is 15.4. The second-order valence-electron chi connectivity index (χ2n) is 25.7. The van der Waals surface area contributed by atoms with Crippen LogP contribution in [0.5, 0.6) is 0 Å². The Morgan fingerprint density at radius 2 is 0.763 bits per heavy atom. The van der Waals surface area contributed by atoms with Gasteiger partial charge in [-0.2, -0.15) is 0 Å². The van der Waals surface area contributed by atoms with Gasteiger partial charge in [0, 0.05) is 21.5 Å². The first kappa shape index (κ1) is 52.0. The minimum atomic E-state index is -2.16. The fourth-order valence-electron chi connectivity index (χ4n) is 11.6. The zero-order chi connectivity index (χ0) is 53.6. The molecular formula is C61H70O9P2Si4. The van der Waals surface area contributed by atoms with Crippen molar-refractivity contribution >= 4 is 156 Å². The molecular weight excluding hydrogens is 1050 g/mol. The van der Waals surface area contributed by atoms with Gasteiger partial charge in [-0.05, 0) is 84.6 Å². The molecule has 0 aliphatic carbocycles. The van der Waals surface area contributed by atoms with Crippen LogP contribution in [-0.2, 0) is 14.2 Å². The second-order valence-corrected chi connectivity index (χ2v) is 47.9. The van der Waals surface area contributed by atoms with Crippen LogP contribution in [0, 0.1) is 0 Å². The molecule has 4 heterocycles. The van der Waals surface area contributed by atoms with E-state index in [1.807, 2.05) is 20.8 Å². The Balaban J connectivity index is 1.09.